The number of hydrogen-bond acceptors (Lipinski definition) is 23. The number of carbonyl (C=O) groups is 1. The van der Waals surface area contributed by atoms with Crippen LogP contribution in [0.4, 0.5) is 0 Å². The third-order valence-corrected chi connectivity index (χ3v) is 19.7. The van der Waals surface area contributed by atoms with Crippen LogP contribution in [0.3, 0.4) is 0 Å². The minimum Gasteiger partial charge on any atom is -0.457 e. The second-order valence-electron chi connectivity index (χ2n) is 24.4. The van der Waals surface area contributed by atoms with Gasteiger partial charge in [-0.1, -0.05) is 39.3 Å². The second kappa shape index (κ2) is 23.0. The van der Waals surface area contributed by atoms with Gasteiger partial charge in [-0.3, -0.25) is 4.79 Å². The summed E-state index contributed by atoms with van der Waals surface area (Å²) in [7, 11) is 0. The maximum atomic E-state index is 12.1. The predicted molar refractivity (Wildman–Crippen MR) is 258 cm³/mol. The largest absolute Gasteiger partial charge is 0.457 e. The predicted octanol–water partition coefficient (Wildman–Crippen LogP) is -1.41. The summed E-state index contributed by atoms with van der Waals surface area (Å²) in [4.78, 5) is 11.8. The standard InChI is InChI=1S/C53H86O23/c1-21(20-67-47-40(62)38(60)36(58)32(18-54)72-47)10-15-53(66)22(2)34-31(76-53)17-30-28-9-8-26-16-27(11-13-51(26,6)29(28)12-14-52(30,34)7)71-50-46(75-49-42(64)39(61)44(24(4)69-49)70-25(5)56)43(65)45(33(19-55)73-50)74-48-41(63)37(59)35(57)23(3)68-48/h8,21-24,27-50,54-55,57-66H,9-20H2,1-7H3. The number of aliphatic hydroxyl groups excluding tert-OH is 11. The fourth-order valence-electron chi connectivity index (χ4n) is 15.3. The van der Waals surface area contributed by atoms with Gasteiger partial charge < -0.3 is 109 Å². The summed E-state index contributed by atoms with van der Waals surface area (Å²) in [5.41, 5.74) is 1.03. The van der Waals surface area contributed by atoms with E-state index in [4.69, 9.17) is 47.4 Å². The van der Waals surface area contributed by atoms with Gasteiger partial charge in [0.2, 0.25) is 0 Å². The van der Waals surface area contributed by atoms with E-state index in [0.29, 0.717) is 43.4 Å². The van der Waals surface area contributed by atoms with Crippen molar-refractivity contribution in [3.05, 3.63) is 11.6 Å². The van der Waals surface area contributed by atoms with Crippen LogP contribution in [0.25, 0.3) is 0 Å². The van der Waals surface area contributed by atoms with E-state index in [2.05, 4.69) is 26.8 Å². The lowest BCUT2D eigenvalue weighted by molar-refractivity contribution is -0.388. The number of fused-ring (bicyclic) bond motifs is 7. The Kier molecular flexibility index (Phi) is 17.8. The third-order valence-electron chi connectivity index (χ3n) is 19.7. The molecule has 9 aliphatic rings. The zero-order chi connectivity index (χ0) is 55.1. The minimum atomic E-state index is -1.78. The Morgan fingerprint density at radius 3 is 2.01 bits per heavy atom. The summed E-state index contributed by atoms with van der Waals surface area (Å²) in [6.07, 6.45) is -20.7. The van der Waals surface area contributed by atoms with E-state index in [0.717, 1.165) is 39.0 Å². The van der Waals surface area contributed by atoms with Crippen molar-refractivity contribution >= 4 is 5.97 Å². The molecule has 3 saturated carbocycles. The molecule has 4 aliphatic carbocycles. The van der Waals surface area contributed by atoms with Crippen molar-refractivity contribution in [3.8, 4) is 0 Å². The molecule has 31 atom stereocenters. The fraction of sp³-hybridized carbons (Fsp3) is 0.943. The molecule has 5 heterocycles. The van der Waals surface area contributed by atoms with Crippen LogP contribution in [0.15, 0.2) is 11.6 Å². The molecule has 0 aromatic carbocycles. The summed E-state index contributed by atoms with van der Waals surface area (Å²) in [5.74, 6) is -1.01. The van der Waals surface area contributed by atoms with Crippen molar-refractivity contribution in [1.82, 2.24) is 0 Å². The van der Waals surface area contributed by atoms with Crippen molar-refractivity contribution < 1.29 is 113 Å². The van der Waals surface area contributed by atoms with Crippen LogP contribution in [0.5, 0.6) is 0 Å². The summed E-state index contributed by atoms with van der Waals surface area (Å²) in [6.45, 7) is 11.8. The van der Waals surface area contributed by atoms with Gasteiger partial charge in [0, 0.05) is 19.3 Å². The molecule has 0 amide bonds. The number of esters is 1. The van der Waals surface area contributed by atoms with Gasteiger partial charge in [0.05, 0.1) is 44.2 Å². The van der Waals surface area contributed by atoms with Crippen molar-refractivity contribution in [1.29, 1.82) is 0 Å². The summed E-state index contributed by atoms with van der Waals surface area (Å²) in [5, 5.41) is 129. The van der Waals surface area contributed by atoms with Crippen molar-refractivity contribution in [3.63, 3.8) is 0 Å². The number of hydrogen-bond donors (Lipinski definition) is 12. The molecule has 0 spiro atoms. The molecule has 23 heteroatoms. The molecule has 31 unspecified atom stereocenters. The van der Waals surface area contributed by atoms with Gasteiger partial charge in [-0.15, -0.1) is 0 Å². The highest BCUT2D eigenvalue weighted by Crippen LogP contribution is 2.70. The van der Waals surface area contributed by atoms with Crippen molar-refractivity contribution in [2.24, 2.45) is 46.3 Å². The Hall–Kier alpha value is -1.63. The number of rotatable bonds is 15. The normalized spacial score (nSPS) is 53.7. The lowest BCUT2D eigenvalue weighted by Gasteiger charge is -2.58. The van der Waals surface area contributed by atoms with E-state index in [9.17, 15) is 66.1 Å². The van der Waals surface area contributed by atoms with Gasteiger partial charge in [0.25, 0.3) is 0 Å². The maximum absolute atomic E-state index is 12.1. The van der Waals surface area contributed by atoms with Gasteiger partial charge in [-0.05, 0) is 106 Å². The molecule has 5 saturated heterocycles. The molecule has 9 rings (SSSR count). The Balaban J connectivity index is 0.854. The Morgan fingerprint density at radius 1 is 0.697 bits per heavy atom. The second-order valence-corrected chi connectivity index (χ2v) is 24.4. The SMILES string of the molecule is CC(=O)OC1C(C)OC(OC2C(OC3CCC4(C)C(=CCC5C4CCC4(C)C5CC5OC(O)(CCC(C)COC6OC(CO)C(O)C(O)C6O)C(C)C54)C3)OC(CO)C(OC3OC(C)C(O)C(O)C3O)C2O)C(O)C1O. The first-order valence-electron chi connectivity index (χ1n) is 27.7. The maximum Gasteiger partial charge on any atom is 0.303 e. The summed E-state index contributed by atoms with van der Waals surface area (Å²) in [6, 6.07) is 0. The van der Waals surface area contributed by atoms with Crippen molar-refractivity contribution in [2.45, 2.75) is 247 Å². The fourth-order valence-corrected chi connectivity index (χ4v) is 15.3. The lowest BCUT2D eigenvalue weighted by atomic mass is 9.47. The van der Waals surface area contributed by atoms with E-state index in [1.165, 1.54) is 19.4 Å². The Labute approximate surface area is 443 Å². The molecule has 5 aliphatic heterocycles. The van der Waals surface area contributed by atoms with Crippen molar-refractivity contribution in [2.75, 3.05) is 19.8 Å². The van der Waals surface area contributed by atoms with E-state index in [-0.39, 0.29) is 41.3 Å². The molecule has 0 aromatic heterocycles. The van der Waals surface area contributed by atoms with E-state index < -0.39 is 154 Å². The Morgan fingerprint density at radius 2 is 1.33 bits per heavy atom. The third kappa shape index (κ3) is 10.7. The van der Waals surface area contributed by atoms with E-state index >= 15 is 0 Å². The average molecular weight is 1090 g/mol. The molecular weight excluding hydrogens is 1000 g/mol. The molecule has 23 nitrogen and oxygen atoms in total. The molecule has 436 valence electrons. The average Bonchev–Trinajstić information content (AvgIpc) is 3.87. The molecule has 76 heavy (non-hydrogen) atoms. The molecule has 12 N–H and O–H groups in total. The molecule has 0 radical (unpaired) electrons. The topological polar surface area (TPSA) is 352 Å². The first kappa shape index (κ1) is 59.0. The highest BCUT2D eigenvalue weighted by Gasteiger charge is 2.68. The van der Waals surface area contributed by atoms with E-state index in [1.54, 1.807) is 0 Å². The smallest absolute Gasteiger partial charge is 0.303 e. The Bertz CT molecular complexity index is 2020. The zero-order valence-corrected chi connectivity index (χ0v) is 44.6. The number of aliphatic hydroxyl groups is 12. The highest BCUT2D eigenvalue weighted by atomic mass is 16.8. The van der Waals surface area contributed by atoms with Crippen LogP contribution < -0.4 is 0 Å². The van der Waals surface area contributed by atoms with Gasteiger partial charge in [0.15, 0.2) is 37.1 Å². The first-order valence-corrected chi connectivity index (χ1v) is 27.7. The summed E-state index contributed by atoms with van der Waals surface area (Å²) < 4.78 is 60.2. The van der Waals surface area contributed by atoms with Gasteiger partial charge in [-0.2, -0.15) is 0 Å². The van der Waals surface area contributed by atoms with Crippen LogP contribution in [0.2, 0.25) is 0 Å². The van der Waals surface area contributed by atoms with Gasteiger partial charge in [0.1, 0.15) is 79.4 Å². The zero-order valence-electron chi connectivity index (χ0n) is 44.6. The highest BCUT2D eigenvalue weighted by molar-refractivity contribution is 5.66. The van der Waals surface area contributed by atoms with Crippen LogP contribution in [-0.4, -0.2) is 228 Å². The van der Waals surface area contributed by atoms with Crippen LogP contribution in [0.1, 0.15) is 106 Å². The molecular formula is C53H86O23. The van der Waals surface area contributed by atoms with Crippen LogP contribution in [0, 0.1) is 46.3 Å². The summed E-state index contributed by atoms with van der Waals surface area (Å²) >= 11 is 0. The van der Waals surface area contributed by atoms with Gasteiger partial charge in [-0.25, -0.2) is 0 Å². The van der Waals surface area contributed by atoms with Crippen LogP contribution in [-0.2, 0) is 52.2 Å². The molecule has 0 aromatic rings. The minimum absolute atomic E-state index is 0.0695. The quantitative estimate of drug-likeness (QED) is 0.0662. The van der Waals surface area contributed by atoms with E-state index in [1.807, 2.05) is 6.92 Å². The monoisotopic (exact) mass is 1090 g/mol. The molecule has 0 bridgehead atoms. The molecule has 8 fully saturated rings. The number of carbonyl (C=O) groups excluding carboxylic acids is 1. The first-order chi connectivity index (χ1) is 35.8. The number of ether oxygens (including phenoxy) is 10. The number of allylic oxidation sites excluding steroid dienone is 1. The lowest BCUT2D eigenvalue weighted by Crippen LogP contribution is -2.66. The van der Waals surface area contributed by atoms with Crippen LogP contribution >= 0.6 is 0 Å². The van der Waals surface area contributed by atoms with Gasteiger partial charge >= 0.3 is 5.97 Å².